The molecule has 148 valence electrons. The summed E-state index contributed by atoms with van der Waals surface area (Å²) in [6.07, 6.45) is 4.78. The van der Waals surface area contributed by atoms with Gasteiger partial charge >= 0.3 is 0 Å². The molecule has 0 spiro atoms. The number of hydrogen-bond acceptors (Lipinski definition) is 6. The van der Waals surface area contributed by atoms with E-state index in [0.717, 1.165) is 66.3 Å². The fourth-order valence-corrected chi connectivity index (χ4v) is 3.89. The Morgan fingerprint density at radius 2 is 2.07 bits per heavy atom. The van der Waals surface area contributed by atoms with Gasteiger partial charge in [0.05, 0.1) is 13.2 Å². The van der Waals surface area contributed by atoms with E-state index in [2.05, 4.69) is 52.2 Å². The molecular weight excluding hydrogens is 352 g/mol. The maximum absolute atomic E-state index is 6.09. The van der Waals surface area contributed by atoms with Gasteiger partial charge in [0.15, 0.2) is 11.3 Å². The van der Waals surface area contributed by atoms with Gasteiger partial charge in [-0.3, -0.25) is 0 Å². The lowest BCUT2D eigenvalue weighted by Gasteiger charge is -2.34. The molecule has 0 saturated carbocycles. The van der Waals surface area contributed by atoms with E-state index in [-0.39, 0.29) is 6.04 Å². The standard InChI is InChI=1S/C22H28N4O2/c1-4-17-13-21(24-14-23-17)26-10-8-18(9-11-26)25-15(2)20-12-16-6-5-7-19(27-3)22(16)28-20/h5-7,12-15,18,25H,4,8-11H2,1-3H3. The minimum absolute atomic E-state index is 0.152. The summed E-state index contributed by atoms with van der Waals surface area (Å²) in [6.45, 7) is 6.28. The second kappa shape index (κ2) is 8.19. The number of para-hydroxylation sites is 1. The number of fused-ring (bicyclic) bond motifs is 1. The molecule has 28 heavy (non-hydrogen) atoms. The number of methoxy groups -OCH3 is 1. The number of benzene rings is 1. The van der Waals surface area contributed by atoms with E-state index in [1.54, 1.807) is 13.4 Å². The molecule has 0 bridgehead atoms. The van der Waals surface area contributed by atoms with Crippen molar-refractivity contribution in [3.8, 4) is 5.75 Å². The van der Waals surface area contributed by atoms with Crippen molar-refractivity contribution in [3.05, 3.63) is 48.1 Å². The summed E-state index contributed by atoms with van der Waals surface area (Å²) < 4.78 is 11.5. The second-order valence-corrected chi connectivity index (χ2v) is 7.40. The number of ether oxygens (including phenoxy) is 1. The van der Waals surface area contributed by atoms with Crippen LogP contribution in [0.2, 0.25) is 0 Å². The minimum Gasteiger partial charge on any atom is -0.493 e. The lowest BCUT2D eigenvalue weighted by molar-refractivity contribution is 0.349. The third kappa shape index (κ3) is 3.83. The maximum atomic E-state index is 6.09. The van der Waals surface area contributed by atoms with E-state index >= 15 is 0 Å². The topological polar surface area (TPSA) is 63.4 Å². The Bertz CT molecular complexity index is 931. The van der Waals surface area contributed by atoms with Crippen LogP contribution in [-0.4, -0.2) is 36.2 Å². The quantitative estimate of drug-likeness (QED) is 0.694. The summed E-state index contributed by atoms with van der Waals surface area (Å²) in [5.74, 6) is 2.77. The smallest absolute Gasteiger partial charge is 0.176 e. The van der Waals surface area contributed by atoms with Gasteiger partial charge in [0, 0.05) is 36.3 Å². The highest BCUT2D eigenvalue weighted by Crippen LogP contribution is 2.31. The van der Waals surface area contributed by atoms with Crippen LogP contribution in [-0.2, 0) is 6.42 Å². The molecule has 6 nitrogen and oxygen atoms in total. The highest BCUT2D eigenvalue weighted by Gasteiger charge is 2.23. The van der Waals surface area contributed by atoms with E-state index in [4.69, 9.17) is 9.15 Å². The van der Waals surface area contributed by atoms with Gasteiger partial charge in [-0.1, -0.05) is 19.1 Å². The van der Waals surface area contributed by atoms with Crippen LogP contribution in [0.15, 0.2) is 41.1 Å². The third-order valence-corrected chi connectivity index (χ3v) is 5.55. The molecule has 3 aromatic rings. The molecule has 1 unspecified atom stereocenters. The molecule has 4 rings (SSSR count). The van der Waals surface area contributed by atoms with Crippen molar-refractivity contribution in [2.24, 2.45) is 0 Å². The molecule has 1 N–H and O–H groups in total. The number of aromatic nitrogens is 2. The van der Waals surface area contributed by atoms with Crippen LogP contribution in [0, 0.1) is 0 Å². The molecule has 1 saturated heterocycles. The second-order valence-electron chi connectivity index (χ2n) is 7.40. The summed E-state index contributed by atoms with van der Waals surface area (Å²) in [5, 5.41) is 4.81. The van der Waals surface area contributed by atoms with E-state index in [1.807, 2.05) is 12.1 Å². The zero-order valence-corrected chi connectivity index (χ0v) is 16.8. The molecule has 1 aliphatic heterocycles. The first-order valence-corrected chi connectivity index (χ1v) is 10.1. The Balaban J connectivity index is 1.38. The Labute approximate surface area is 165 Å². The van der Waals surface area contributed by atoms with Gasteiger partial charge in [-0.2, -0.15) is 0 Å². The Kier molecular flexibility index (Phi) is 5.48. The van der Waals surface area contributed by atoms with Crippen LogP contribution in [0.1, 0.15) is 44.2 Å². The molecule has 0 aliphatic carbocycles. The number of piperidine rings is 1. The van der Waals surface area contributed by atoms with Gasteiger partial charge in [0.2, 0.25) is 0 Å². The normalized spacial score (nSPS) is 16.5. The van der Waals surface area contributed by atoms with Crippen molar-refractivity contribution in [1.29, 1.82) is 0 Å². The van der Waals surface area contributed by atoms with Crippen molar-refractivity contribution >= 4 is 16.8 Å². The summed E-state index contributed by atoms with van der Waals surface area (Å²) in [7, 11) is 1.67. The third-order valence-electron chi connectivity index (χ3n) is 5.55. The van der Waals surface area contributed by atoms with Gasteiger partial charge in [0.1, 0.15) is 17.9 Å². The zero-order valence-electron chi connectivity index (χ0n) is 16.8. The van der Waals surface area contributed by atoms with Gasteiger partial charge in [-0.25, -0.2) is 9.97 Å². The van der Waals surface area contributed by atoms with E-state index in [9.17, 15) is 0 Å². The summed E-state index contributed by atoms with van der Waals surface area (Å²) >= 11 is 0. The molecule has 0 radical (unpaired) electrons. The number of nitrogens with one attached hydrogen (secondary N) is 1. The predicted octanol–water partition coefficient (Wildman–Crippen LogP) is 4.11. The molecule has 1 fully saturated rings. The van der Waals surface area contributed by atoms with Gasteiger partial charge in [0.25, 0.3) is 0 Å². The molecule has 3 heterocycles. The fraction of sp³-hybridized carbons (Fsp3) is 0.455. The van der Waals surface area contributed by atoms with Gasteiger partial charge < -0.3 is 19.4 Å². The van der Waals surface area contributed by atoms with Crippen LogP contribution >= 0.6 is 0 Å². The highest BCUT2D eigenvalue weighted by atomic mass is 16.5. The number of hydrogen-bond donors (Lipinski definition) is 1. The molecular formula is C22H28N4O2. The average molecular weight is 380 g/mol. The Morgan fingerprint density at radius 3 is 2.82 bits per heavy atom. The minimum atomic E-state index is 0.152. The van der Waals surface area contributed by atoms with Crippen LogP contribution < -0.4 is 15.0 Å². The number of furan rings is 1. The summed E-state index contributed by atoms with van der Waals surface area (Å²) in [6, 6.07) is 10.8. The monoisotopic (exact) mass is 380 g/mol. The van der Waals surface area contributed by atoms with E-state index < -0.39 is 0 Å². The van der Waals surface area contributed by atoms with Crippen LogP contribution in [0.25, 0.3) is 11.0 Å². The summed E-state index contributed by atoms with van der Waals surface area (Å²) in [4.78, 5) is 11.1. The molecule has 2 aromatic heterocycles. The molecule has 1 atom stereocenters. The molecule has 0 amide bonds. The summed E-state index contributed by atoms with van der Waals surface area (Å²) in [5.41, 5.74) is 1.91. The largest absolute Gasteiger partial charge is 0.493 e. The van der Waals surface area contributed by atoms with Crippen LogP contribution in [0.3, 0.4) is 0 Å². The zero-order chi connectivity index (χ0) is 19.5. The van der Waals surface area contributed by atoms with E-state index in [0.29, 0.717) is 6.04 Å². The van der Waals surface area contributed by atoms with Crippen LogP contribution in [0.5, 0.6) is 5.75 Å². The van der Waals surface area contributed by atoms with Crippen molar-refractivity contribution in [2.45, 2.75) is 45.2 Å². The Hall–Kier alpha value is -2.60. The van der Waals surface area contributed by atoms with E-state index in [1.165, 1.54) is 0 Å². The number of rotatable bonds is 6. The first-order valence-electron chi connectivity index (χ1n) is 10.1. The first-order chi connectivity index (χ1) is 13.7. The SMILES string of the molecule is CCc1cc(N2CCC(NC(C)c3cc4cccc(OC)c4o3)CC2)ncn1. The van der Waals surface area contributed by atoms with Gasteiger partial charge in [-0.15, -0.1) is 0 Å². The first kappa shape index (κ1) is 18.7. The molecule has 1 aliphatic rings. The number of aryl methyl sites for hydroxylation is 1. The van der Waals surface area contributed by atoms with Crippen molar-refractivity contribution < 1.29 is 9.15 Å². The van der Waals surface area contributed by atoms with Crippen molar-refractivity contribution in [3.63, 3.8) is 0 Å². The van der Waals surface area contributed by atoms with Crippen molar-refractivity contribution in [1.82, 2.24) is 15.3 Å². The number of nitrogens with zero attached hydrogens (tertiary/aromatic N) is 3. The fourth-order valence-electron chi connectivity index (χ4n) is 3.89. The van der Waals surface area contributed by atoms with Crippen molar-refractivity contribution in [2.75, 3.05) is 25.1 Å². The molecule has 1 aromatic carbocycles. The average Bonchev–Trinajstić information content (AvgIpc) is 3.19. The lowest BCUT2D eigenvalue weighted by atomic mass is 10.0. The highest BCUT2D eigenvalue weighted by molar-refractivity contribution is 5.83. The maximum Gasteiger partial charge on any atom is 0.176 e. The lowest BCUT2D eigenvalue weighted by Crippen LogP contribution is -2.43. The predicted molar refractivity (Wildman–Crippen MR) is 111 cm³/mol. The molecule has 6 heteroatoms. The Morgan fingerprint density at radius 1 is 1.25 bits per heavy atom. The number of anilines is 1. The van der Waals surface area contributed by atoms with Gasteiger partial charge in [-0.05, 0) is 38.3 Å². The van der Waals surface area contributed by atoms with Crippen LogP contribution in [0.4, 0.5) is 5.82 Å².